The summed E-state index contributed by atoms with van der Waals surface area (Å²) >= 11 is 0. The summed E-state index contributed by atoms with van der Waals surface area (Å²) in [6.07, 6.45) is 0.394. The molecule has 1 aliphatic rings. The van der Waals surface area contributed by atoms with Crippen molar-refractivity contribution in [2.75, 3.05) is 31.2 Å². The third kappa shape index (κ3) is 3.20. The van der Waals surface area contributed by atoms with Gasteiger partial charge in [0.05, 0.1) is 13.2 Å². The zero-order valence-corrected chi connectivity index (χ0v) is 10.0. The highest BCUT2D eigenvalue weighted by Gasteiger charge is 2.11. The first kappa shape index (κ1) is 11.9. The molecular formula is C13H17NO3. The minimum absolute atomic E-state index is 0.205. The molecule has 0 bridgehead atoms. The van der Waals surface area contributed by atoms with Gasteiger partial charge in [-0.05, 0) is 24.3 Å². The molecule has 1 fully saturated rings. The fraction of sp³-hybridized carbons (Fsp3) is 0.462. The SMILES string of the molecule is CCC(=O)Oc1ccc(N2CCOCC2)cc1. The molecule has 2 rings (SSSR count). The Bertz CT molecular complexity index is 369. The number of ether oxygens (including phenoxy) is 2. The normalized spacial score (nSPS) is 15.7. The van der Waals surface area contributed by atoms with Crippen molar-refractivity contribution in [2.24, 2.45) is 0 Å². The van der Waals surface area contributed by atoms with E-state index in [-0.39, 0.29) is 5.97 Å². The molecule has 1 saturated heterocycles. The minimum atomic E-state index is -0.205. The van der Waals surface area contributed by atoms with Gasteiger partial charge in [0.1, 0.15) is 5.75 Å². The Morgan fingerprint density at radius 3 is 2.53 bits per heavy atom. The van der Waals surface area contributed by atoms with E-state index in [9.17, 15) is 4.79 Å². The standard InChI is InChI=1S/C13H17NO3/c1-2-13(15)17-12-5-3-11(4-6-12)14-7-9-16-10-8-14/h3-6H,2,7-10H2,1H3. The molecule has 0 atom stereocenters. The lowest BCUT2D eigenvalue weighted by Gasteiger charge is -2.28. The molecule has 0 radical (unpaired) electrons. The number of hydrogen-bond acceptors (Lipinski definition) is 4. The molecule has 0 spiro atoms. The number of rotatable bonds is 3. The monoisotopic (exact) mass is 235 g/mol. The van der Waals surface area contributed by atoms with E-state index in [0.717, 1.165) is 32.0 Å². The van der Waals surface area contributed by atoms with E-state index >= 15 is 0 Å². The van der Waals surface area contributed by atoms with E-state index in [4.69, 9.17) is 9.47 Å². The number of hydrogen-bond donors (Lipinski definition) is 0. The molecule has 0 aliphatic carbocycles. The molecule has 0 amide bonds. The quantitative estimate of drug-likeness (QED) is 0.592. The van der Waals surface area contributed by atoms with Gasteiger partial charge >= 0.3 is 5.97 Å². The molecule has 4 heteroatoms. The molecular weight excluding hydrogens is 218 g/mol. The highest BCUT2D eigenvalue weighted by molar-refractivity contribution is 5.72. The van der Waals surface area contributed by atoms with Crippen molar-refractivity contribution in [3.63, 3.8) is 0 Å². The fourth-order valence-electron chi connectivity index (χ4n) is 1.75. The molecule has 17 heavy (non-hydrogen) atoms. The number of benzene rings is 1. The first-order chi connectivity index (χ1) is 8.29. The van der Waals surface area contributed by atoms with Gasteiger partial charge < -0.3 is 14.4 Å². The number of anilines is 1. The van der Waals surface area contributed by atoms with E-state index in [1.54, 1.807) is 6.92 Å². The van der Waals surface area contributed by atoms with Crippen molar-refractivity contribution in [1.82, 2.24) is 0 Å². The van der Waals surface area contributed by atoms with E-state index in [1.165, 1.54) is 0 Å². The highest BCUT2D eigenvalue weighted by Crippen LogP contribution is 2.20. The van der Waals surface area contributed by atoms with Crippen LogP contribution in [0.3, 0.4) is 0 Å². The highest BCUT2D eigenvalue weighted by atomic mass is 16.5. The molecule has 1 aromatic carbocycles. The van der Waals surface area contributed by atoms with Crippen LogP contribution < -0.4 is 9.64 Å². The molecule has 0 N–H and O–H groups in total. The maximum absolute atomic E-state index is 11.1. The van der Waals surface area contributed by atoms with Crippen LogP contribution in [-0.2, 0) is 9.53 Å². The topological polar surface area (TPSA) is 38.8 Å². The van der Waals surface area contributed by atoms with Crippen LogP contribution in [0, 0.1) is 0 Å². The summed E-state index contributed by atoms with van der Waals surface area (Å²) in [7, 11) is 0. The van der Waals surface area contributed by atoms with Gasteiger partial charge in [0.25, 0.3) is 0 Å². The van der Waals surface area contributed by atoms with Crippen LogP contribution in [0.25, 0.3) is 0 Å². The van der Waals surface area contributed by atoms with E-state index in [0.29, 0.717) is 12.2 Å². The Morgan fingerprint density at radius 1 is 1.29 bits per heavy atom. The van der Waals surface area contributed by atoms with Crippen LogP contribution in [0.2, 0.25) is 0 Å². The Kier molecular flexibility index (Phi) is 3.98. The third-order valence-corrected chi connectivity index (χ3v) is 2.73. The summed E-state index contributed by atoms with van der Waals surface area (Å²) in [5, 5.41) is 0. The fourth-order valence-corrected chi connectivity index (χ4v) is 1.75. The van der Waals surface area contributed by atoms with Crippen LogP contribution in [-0.4, -0.2) is 32.3 Å². The average molecular weight is 235 g/mol. The van der Waals surface area contributed by atoms with Crippen LogP contribution in [0.1, 0.15) is 13.3 Å². The van der Waals surface area contributed by atoms with Gasteiger partial charge in [0.15, 0.2) is 0 Å². The summed E-state index contributed by atoms with van der Waals surface area (Å²) in [6.45, 7) is 5.14. The second-order valence-corrected chi connectivity index (χ2v) is 3.92. The Morgan fingerprint density at radius 2 is 1.94 bits per heavy atom. The molecule has 0 unspecified atom stereocenters. The van der Waals surface area contributed by atoms with Gasteiger partial charge in [-0.1, -0.05) is 6.92 Å². The number of carbonyl (C=O) groups excluding carboxylic acids is 1. The van der Waals surface area contributed by atoms with Crippen molar-refractivity contribution in [3.05, 3.63) is 24.3 Å². The predicted molar refractivity (Wildman–Crippen MR) is 65.4 cm³/mol. The van der Waals surface area contributed by atoms with Crippen molar-refractivity contribution in [1.29, 1.82) is 0 Å². The second kappa shape index (κ2) is 5.68. The van der Waals surface area contributed by atoms with Gasteiger partial charge in [-0.15, -0.1) is 0 Å². The Balaban J connectivity index is 1.99. The molecule has 92 valence electrons. The first-order valence-electron chi connectivity index (χ1n) is 5.93. The lowest BCUT2D eigenvalue weighted by molar-refractivity contribution is -0.134. The molecule has 1 heterocycles. The van der Waals surface area contributed by atoms with Crippen LogP contribution in [0.15, 0.2) is 24.3 Å². The molecule has 1 aliphatic heterocycles. The second-order valence-electron chi connectivity index (χ2n) is 3.92. The lowest BCUT2D eigenvalue weighted by Crippen LogP contribution is -2.36. The summed E-state index contributed by atoms with van der Waals surface area (Å²) in [5.41, 5.74) is 1.14. The van der Waals surface area contributed by atoms with Crippen molar-refractivity contribution >= 4 is 11.7 Å². The summed E-state index contributed by atoms with van der Waals surface area (Å²) in [6, 6.07) is 7.61. The maximum Gasteiger partial charge on any atom is 0.310 e. The van der Waals surface area contributed by atoms with Gasteiger partial charge in [-0.3, -0.25) is 4.79 Å². The largest absolute Gasteiger partial charge is 0.427 e. The average Bonchev–Trinajstić information content (AvgIpc) is 2.40. The Labute approximate surface area is 101 Å². The van der Waals surface area contributed by atoms with Gasteiger partial charge in [-0.2, -0.15) is 0 Å². The zero-order valence-electron chi connectivity index (χ0n) is 10.0. The van der Waals surface area contributed by atoms with Gasteiger partial charge in [0, 0.05) is 25.2 Å². The molecule has 0 aromatic heterocycles. The summed E-state index contributed by atoms with van der Waals surface area (Å²) < 4.78 is 10.4. The predicted octanol–water partition coefficient (Wildman–Crippen LogP) is 1.84. The number of carbonyl (C=O) groups is 1. The van der Waals surface area contributed by atoms with Crippen LogP contribution >= 0.6 is 0 Å². The van der Waals surface area contributed by atoms with Crippen molar-refractivity contribution in [3.8, 4) is 5.75 Å². The van der Waals surface area contributed by atoms with Gasteiger partial charge in [0.2, 0.25) is 0 Å². The minimum Gasteiger partial charge on any atom is -0.427 e. The zero-order chi connectivity index (χ0) is 12.1. The van der Waals surface area contributed by atoms with Crippen molar-refractivity contribution < 1.29 is 14.3 Å². The third-order valence-electron chi connectivity index (χ3n) is 2.73. The first-order valence-corrected chi connectivity index (χ1v) is 5.93. The Hall–Kier alpha value is -1.55. The number of esters is 1. The number of morpholine rings is 1. The summed E-state index contributed by atoms with van der Waals surface area (Å²) in [5.74, 6) is 0.401. The van der Waals surface area contributed by atoms with E-state index < -0.39 is 0 Å². The van der Waals surface area contributed by atoms with E-state index in [2.05, 4.69) is 4.90 Å². The van der Waals surface area contributed by atoms with Gasteiger partial charge in [-0.25, -0.2) is 0 Å². The smallest absolute Gasteiger partial charge is 0.310 e. The lowest BCUT2D eigenvalue weighted by atomic mass is 10.2. The van der Waals surface area contributed by atoms with Crippen molar-refractivity contribution in [2.45, 2.75) is 13.3 Å². The maximum atomic E-state index is 11.1. The van der Waals surface area contributed by atoms with E-state index in [1.807, 2.05) is 24.3 Å². The molecule has 1 aromatic rings. The van der Waals surface area contributed by atoms with Crippen LogP contribution in [0.5, 0.6) is 5.75 Å². The summed E-state index contributed by atoms with van der Waals surface area (Å²) in [4.78, 5) is 13.4. The molecule has 0 saturated carbocycles. The van der Waals surface area contributed by atoms with Crippen LogP contribution in [0.4, 0.5) is 5.69 Å². The number of nitrogens with zero attached hydrogens (tertiary/aromatic N) is 1. The molecule has 4 nitrogen and oxygen atoms in total.